The molecular weight excluding hydrogens is 366 g/mol. The molecule has 0 aliphatic carbocycles. The summed E-state index contributed by atoms with van der Waals surface area (Å²) in [4.78, 5) is 24.2. The molecular formula is C19H14ClN5O2. The van der Waals surface area contributed by atoms with Gasteiger partial charge < -0.3 is 10.6 Å². The number of benzene rings is 2. The van der Waals surface area contributed by atoms with E-state index >= 15 is 0 Å². The zero-order chi connectivity index (χ0) is 19.2. The normalized spacial score (nSPS) is 10.1. The maximum atomic E-state index is 12.2. The van der Waals surface area contributed by atoms with Crippen LogP contribution in [0.4, 0.5) is 17.2 Å². The molecule has 0 fully saturated rings. The number of nitrogens with zero attached hydrogens (tertiary/aromatic N) is 3. The molecule has 2 N–H and O–H groups in total. The molecule has 1 heterocycles. The van der Waals surface area contributed by atoms with Gasteiger partial charge >= 0.3 is 0 Å². The zero-order valence-corrected chi connectivity index (χ0v) is 14.8. The topological polar surface area (TPSA) is 99.8 Å². The van der Waals surface area contributed by atoms with E-state index in [0.717, 1.165) is 10.4 Å². The molecule has 0 aliphatic heterocycles. The van der Waals surface area contributed by atoms with Crippen molar-refractivity contribution in [2.24, 2.45) is 0 Å². The number of nitriles is 1. The highest BCUT2D eigenvalue weighted by Gasteiger charge is 2.08. The van der Waals surface area contributed by atoms with Crippen molar-refractivity contribution in [1.82, 2.24) is 9.78 Å². The quantitative estimate of drug-likeness (QED) is 0.709. The molecule has 0 radical (unpaired) electrons. The van der Waals surface area contributed by atoms with Crippen LogP contribution in [0.5, 0.6) is 0 Å². The first-order valence-electron chi connectivity index (χ1n) is 7.94. The maximum Gasteiger partial charge on any atom is 0.267 e. The van der Waals surface area contributed by atoms with Gasteiger partial charge in [-0.15, -0.1) is 0 Å². The van der Waals surface area contributed by atoms with E-state index in [1.54, 1.807) is 48.5 Å². The molecule has 3 rings (SSSR count). The second-order valence-electron chi connectivity index (χ2n) is 5.59. The van der Waals surface area contributed by atoms with Crippen LogP contribution in [-0.2, 0) is 11.3 Å². The van der Waals surface area contributed by atoms with Crippen molar-refractivity contribution in [3.05, 3.63) is 81.6 Å². The molecule has 0 spiro atoms. The van der Waals surface area contributed by atoms with Gasteiger partial charge in [0, 0.05) is 22.5 Å². The number of hydrogen-bond acceptors (Lipinski definition) is 5. The van der Waals surface area contributed by atoms with Crippen LogP contribution in [0.2, 0.25) is 5.02 Å². The number of hydrogen-bond donors (Lipinski definition) is 2. The number of aromatic nitrogens is 2. The van der Waals surface area contributed by atoms with E-state index in [4.69, 9.17) is 16.9 Å². The molecule has 2 aromatic carbocycles. The Morgan fingerprint density at radius 1 is 1.11 bits per heavy atom. The van der Waals surface area contributed by atoms with Crippen molar-refractivity contribution in [1.29, 1.82) is 5.26 Å². The molecule has 8 heteroatoms. The first-order valence-corrected chi connectivity index (χ1v) is 8.32. The van der Waals surface area contributed by atoms with Crippen molar-refractivity contribution in [3.63, 3.8) is 0 Å². The van der Waals surface area contributed by atoms with Gasteiger partial charge in [0.2, 0.25) is 5.91 Å². The molecule has 3 aromatic rings. The van der Waals surface area contributed by atoms with E-state index in [1.807, 2.05) is 6.07 Å². The summed E-state index contributed by atoms with van der Waals surface area (Å²) in [7, 11) is 0. The van der Waals surface area contributed by atoms with Crippen LogP contribution in [0.3, 0.4) is 0 Å². The smallest absolute Gasteiger partial charge is 0.267 e. The number of amides is 1. The van der Waals surface area contributed by atoms with Crippen LogP contribution in [0.25, 0.3) is 0 Å². The number of carbonyl (C=O) groups is 1. The lowest BCUT2D eigenvalue weighted by atomic mass is 10.2. The van der Waals surface area contributed by atoms with Crippen molar-refractivity contribution < 1.29 is 4.79 Å². The molecule has 27 heavy (non-hydrogen) atoms. The van der Waals surface area contributed by atoms with Crippen LogP contribution < -0.4 is 16.2 Å². The predicted octanol–water partition coefficient (Wildman–Crippen LogP) is 3.15. The molecule has 1 amide bonds. The van der Waals surface area contributed by atoms with E-state index in [2.05, 4.69) is 15.7 Å². The average Bonchev–Trinajstić information content (AvgIpc) is 2.66. The molecule has 0 atom stereocenters. The minimum Gasteiger partial charge on any atom is -0.339 e. The van der Waals surface area contributed by atoms with Crippen LogP contribution in [0, 0.1) is 11.3 Å². The number of anilines is 3. The zero-order valence-electron chi connectivity index (χ0n) is 14.0. The standard InChI is InChI=1S/C19H14ClN5O2/c20-14-4-6-15(7-5-14)22-17-8-9-19(27)25(24-17)12-18(26)23-16-3-1-2-13(10-16)11-21/h1-10H,12H2,(H,22,24)(H,23,26). The summed E-state index contributed by atoms with van der Waals surface area (Å²) >= 11 is 5.85. The Hall–Kier alpha value is -3.63. The number of halogens is 1. The predicted molar refractivity (Wildman–Crippen MR) is 103 cm³/mol. The SMILES string of the molecule is N#Cc1cccc(NC(=O)Cn2nc(Nc3ccc(Cl)cc3)ccc2=O)c1. The van der Waals surface area contributed by atoms with Crippen LogP contribution >= 0.6 is 11.6 Å². The highest BCUT2D eigenvalue weighted by molar-refractivity contribution is 6.30. The van der Waals surface area contributed by atoms with Gasteiger partial charge in [-0.05, 0) is 48.5 Å². The van der Waals surface area contributed by atoms with Gasteiger partial charge in [-0.25, -0.2) is 4.68 Å². The van der Waals surface area contributed by atoms with Crippen molar-refractivity contribution in [3.8, 4) is 6.07 Å². The fraction of sp³-hybridized carbons (Fsp3) is 0.0526. The van der Waals surface area contributed by atoms with Gasteiger partial charge in [-0.2, -0.15) is 10.4 Å². The summed E-state index contributed by atoms with van der Waals surface area (Å²) in [5.41, 5.74) is 1.24. The van der Waals surface area contributed by atoms with Crippen molar-refractivity contribution in [2.75, 3.05) is 10.6 Å². The third-order valence-corrected chi connectivity index (χ3v) is 3.80. The number of rotatable bonds is 5. The first kappa shape index (κ1) is 18.2. The molecule has 0 saturated carbocycles. The summed E-state index contributed by atoms with van der Waals surface area (Å²) < 4.78 is 1.06. The van der Waals surface area contributed by atoms with Crippen LogP contribution in [0.1, 0.15) is 5.56 Å². The number of nitrogens with one attached hydrogen (secondary N) is 2. The van der Waals surface area contributed by atoms with E-state index in [9.17, 15) is 9.59 Å². The highest BCUT2D eigenvalue weighted by atomic mass is 35.5. The summed E-state index contributed by atoms with van der Waals surface area (Å²) in [5, 5.41) is 19.3. The summed E-state index contributed by atoms with van der Waals surface area (Å²) in [6.45, 7) is -0.258. The molecule has 0 unspecified atom stereocenters. The van der Waals surface area contributed by atoms with Crippen molar-refractivity contribution >= 4 is 34.7 Å². The molecule has 7 nitrogen and oxygen atoms in total. The molecule has 0 saturated heterocycles. The van der Waals surface area contributed by atoms with E-state index in [1.165, 1.54) is 12.1 Å². The molecule has 0 bridgehead atoms. The Morgan fingerprint density at radius 3 is 2.63 bits per heavy atom. The van der Waals surface area contributed by atoms with E-state index in [0.29, 0.717) is 22.1 Å². The van der Waals surface area contributed by atoms with Crippen molar-refractivity contribution in [2.45, 2.75) is 6.54 Å². The Morgan fingerprint density at radius 2 is 1.89 bits per heavy atom. The fourth-order valence-corrected chi connectivity index (χ4v) is 2.44. The third kappa shape index (κ3) is 4.93. The highest BCUT2D eigenvalue weighted by Crippen LogP contribution is 2.16. The van der Waals surface area contributed by atoms with Crippen LogP contribution in [-0.4, -0.2) is 15.7 Å². The summed E-state index contributed by atoms with van der Waals surface area (Å²) in [5.74, 6) is -0.0143. The van der Waals surface area contributed by atoms with Gasteiger partial charge in [0.25, 0.3) is 5.56 Å². The second-order valence-corrected chi connectivity index (χ2v) is 6.02. The van der Waals surface area contributed by atoms with Gasteiger partial charge in [0.1, 0.15) is 6.54 Å². The summed E-state index contributed by atoms with van der Waals surface area (Å²) in [6.07, 6.45) is 0. The number of carbonyl (C=O) groups excluding carboxylic acids is 1. The Labute approximate surface area is 159 Å². The van der Waals surface area contributed by atoms with E-state index in [-0.39, 0.29) is 6.54 Å². The Bertz CT molecular complexity index is 1070. The monoisotopic (exact) mass is 379 g/mol. The lowest BCUT2D eigenvalue weighted by Crippen LogP contribution is -2.29. The minimum absolute atomic E-state index is 0.258. The lowest BCUT2D eigenvalue weighted by molar-refractivity contribution is -0.117. The maximum absolute atomic E-state index is 12.2. The Kier molecular flexibility index (Phi) is 5.50. The molecule has 1 aromatic heterocycles. The molecule has 0 aliphatic rings. The third-order valence-electron chi connectivity index (χ3n) is 3.55. The fourth-order valence-electron chi connectivity index (χ4n) is 2.31. The first-order chi connectivity index (χ1) is 13.0. The molecule has 134 valence electrons. The minimum atomic E-state index is -0.427. The van der Waals surface area contributed by atoms with E-state index < -0.39 is 11.5 Å². The van der Waals surface area contributed by atoms with Gasteiger partial charge in [0.05, 0.1) is 11.6 Å². The van der Waals surface area contributed by atoms with Gasteiger partial charge in [-0.1, -0.05) is 17.7 Å². The largest absolute Gasteiger partial charge is 0.339 e. The summed E-state index contributed by atoms with van der Waals surface area (Å²) in [6, 6.07) is 18.4. The van der Waals surface area contributed by atoms with Gasteiger partial charge in [-0.3, -0.25) is 9.59 Å². The Balaban J connectivity index is 1.72. The van der Waals surface area contributed by atoms with Gasteiger partial charge in [0.15, 0.2) is 5.82 Å². The average molecular weight is 380 g/mol. The second kappa shape index (κ2) is 8.17. The van der Waals surface area contributed by atoms with Crippen LogP contribution in [0.15, 0.2) is 65.5 Å². The lowest BCUT2D eigenvalue weighted by Gasteiger charge is -2.10.